The van der Waals surface area contributed by atoms with Crippen molar-refractivity contribution in [2.24, 2.45) is 0 Å². The van der Waals surface area contributed by atoms with Gasteiger partial charge in [-0.25, -0.2) is 4.79 Å². The molecule has 2 aromatic rings. The third-order valence-electron chi connectivity index (χ3n) is 3.27. The molecule has 0 aliphatic heterocycles. The van der Waals surface area contributed by atoms with E-state index in [1.165, 1.54) is 0 Å². The van der Waals surface area contributed by atoms with Gasteiger partial charge in [-0.3, -0.25) is 0 Å². The van der Waals surface area contributed by atoms with Gasteiger partial charge in [0.05, 0.1) is 0 Å². The van der Waals surface area contributed by atoms with E-state index in [1.54, 1.807) is 18.2 Å². The fourth-order valence-electron chi connectivity index (χ4n) is 1.99. The van der Waals surface area contributed by atoms with Crippen LogP contribution in [0, 0.1) is 20.8 Å². The lowest BCUT2D eigenvalue weighted by atomic mass is 10.1. The summed E-state index contributed by atoms with van der Waals surface area (Å²) in [6.07, 6.45) is 0. The summed E-state index contributed by atoms with van der Waals surface area (Å²) in [4.78, 5) is 11.4. The first-order chi connectivity index (χ1) is 9.41. The van der Waals surface area contributed by atoms with Crippen molar-refractivity contribution in [2.75, 3.05) is 0 Å². The molecule has 0 aliphatic rings. The summed E-state index contributed by atoms with van der Waals surface area (Å²) in [5.41, 5.74) is 3.23. The Morgan fingerprint density at radius 3 is 2.40 bits per heavy atom. The molecule has 0 saturated carbocycles. The minimum Gasteiger partial charge on any atom is -0.478 e. The maximum absolute atomic E-state index is 11.4. The summed E-state index contributed by atoms with van der Waals surface area (Å²) in [5.74, 6) is 0.0321. The monoisotopic (exact) mass is 334 g/mol. The van der Waals surface area contributed by atoms with Gasteiger partial charge < -0.3 is 9.84 Å². The summed E-state index contributed by atoms with van der Waals surface area (Å²) < 4.78 is 6.39. The number of carboxylic acid groups (broad SMARTS) is 1. The molecule has 0 saturated heterocycles. The average molecular weight is 335 g/mol. The van der Waals surface area contributed by atoms with Gasteiger partial charge in [0.15, 0.2) is 0 Å². The fraction of sp³-hybridized carbons (Fsp3) is 0.188. The molecule has 104 valence electrons. The van der Waals surface area contributed by atoms with Crippen molar-refractivity contribution in [3.8, 4) is 11.5 Å². The van der Waals surface area contributed by atoms with Crippen LogP contribution in [-0.2, 0) is 0 Å². The van der Waals surface area contributed by atoms with Crippen molar-refractivity contribution in [3.63, 3.8) is 0 Å². The Labute approximate surface area is 126 Å². The molecular formula is C16H15BrO3. The van der Waals surface area contributed by atoms with E-state index in [9.17, 15) is 9.90 Å². The Kier molecular flexibility index (Phi) is 4.14. The van der Waals surface area contributed by atoms with Gasteiger partial charge in [0.2, 0.25) is 0 Å². The number of aryl methyl sites for hydroxylation is 2. The normalized spacial score (nSPS) is 10.4. The first-order valence-corrected chi connectivity index (χ1v) is 6.97. The van der Waals surface area contributed by atoms with E-state index in [2.05, 4.69) is 15.9 Å². The van der Waals surface area contributed by atoms with Gasteiger partial charge in [-0.2, -0.15) is 0 Å². The number of halogens is 1. The van der Waals surface area contributed by atoms with E-state index in [1.807, 2.05) is 32.9 Å². The highest BCUT2D eigenvalue weighted by molar-refractivity contribution is 9.10. The number of hydrogen-bond acceptors (Lipinski definition) is 2. The Balaban J connectivity index is 2.54. The van der Waals surface area contributed by atoms with Gasteiger partial charge in [0.25, 0.3) is 0 Å². The minimum atomic E-state index is -1.02. The molecule has 0 aromatic heterocycles. The van der Waals surface area contributed by atoms with Gasteiger partial charge in [0, 0.05) is 4.47 Å². The smallest absolute Gasteiger partial charge is 0.340 e. The number of hydrogen-bond donors (Lipinski definition) is 1. The second-order valence-electron chi connectivity index (χ2n) is 4.67. The maximum atomic E-state index is 11.4. The molecule has 0 fully saturated rings. The van der Waals surface area contributed by atoms with Crippen LogP contribution in [0.1, 0.15) is 27.0 Å². The molecule has 0 bridgehead atoms. The topological polar surface area (TPSA) is 46.5 Å². The second-order valence-corrected chi connectivity index (χ2v) is 5.53. The number of ether oxygens (including phenoxy) is 1. The molecule has 0 heterocycles. The van der Waals surface area contributed by atoms with Gasteiger partial charge in [-0.15, -0.1) is 0 Å². The third kappa shape index (κ3) is 2.70. The van der Waals surface area contributed by atoms with Gasteiger partial charge in [-0.1, -0.05) is 18.2 Å². The van der Waals surface area contributed by atoms with Crippen molar-refractivity contribution >= 4 is 21.9 Å². The van der Waals surface area contributed by atoms with Crippen LogP contribution in [0.3, 0.4) is 0 Å². The summed E-state index contributed by atoms with van der Waals surface area (Å²) >= 11 is 3.25. The molecule has 0 amide bonds. The van der Waals surface area contributed by atoms with E-state index >= 15 is 0 Å². The van der Waals surface area contributed by atoms with Crippen molar-refractivity contribution in [1.82, 2.24) is 0 Å². The average Bonchev–Trinajstić information content (AvgIpc) is 2.39. The van der Waals surface area contributed by atoms with E-state index in [0.29, 0.717) is 16.0 Å². The van der Waals surface area contributed by atoms with E-state index in [4.69, 9.17) is 4.74 Å². The summed E-state index contributed by atoms with van der Waals surface area (Å²) in [5, 5.41) is 9.31. The predicted molar refractivity (Wildman–Crippen MR) is 81.8 cm³/mol. The second kappa shape index (κ2) is 5.67. The van der Waals surface area contributed by atoms with Crippen LogP contribution in [-0.4, -0.2) is 11.1 Å². The quantitative estimate of drug-likeness (QED) is 0.871. The molecule has 4 heteroatoms. The zero-order chi connectivity index (χ0) is 14.9. The standard InChI is InChI=1S/C16H15BrO3/c1-9-7-8-10(2)15(11(9)3)20-13-6-4-5-12(17)14(13)16(18)19/h4-8H,1-3H3,(H,18,19). The van der Waals surface area contributed by atoms with Crippen molar-refractivity contribution in [3.05, 3.63) is 57.1 Å². The minimum absolute atomic E-state index is 0.132. The molecule has 2 aromatic carbocycles. The maximum Gasteiger partial charge on any atom is 0.340 e. The number of aromatic carboxylic acids is 1. The predicted octanol–water partition coefficient (Wildman–Crippen LogP) is 4.86. The fourth-order valence-corrected chi connectivity index (χ4v) is 2.51. The van der Waals surface area contributed by atoms with Crippen molar-refractivity contribution in [1.29, 1.82) is 0 Å². The summed E-state index contributed by atoms with van der Waals surface area (Å²) in [6.45, 7) is 5.91. The zero-order valence-electron chi connectivity index (χ0n) is 11.5. The van der Waals surface area contributed by atoms with Gasteiger partial charge in [-0.05, 0) is 65.5 Å². The molecular weight excluding hydrogens is 320 g/mol. The molecule has 0 radical (unpaired) electrons. The molecule has 1 N–H and O–H groups in total. The van der Waals surface area contributed by atoms with Crippen molar-refractivity contribution < 1.29 is 14.6 Å². The highest BCUT2D eigenvalue weighted by atomic mass is 79.9. The van der Waals surface area contributed by atoms with Crippen LogP contribution < -0.4 is 4.74 Å². The number of carboxylic acids is 1. The molecule has 0 unspecified atom stereocenters. The molecule has 0 atom stereocenters. The Morgan fingerprint density at radius 1 is 1.10 bits per heavy atom. The van der Waals surface area contributed by atoms with Crippen LogP contribution in [0.2, 0.25) is 0 Å². The van der Waals surface area contributed by atoms with E-state index in [0.717, 1.165) is 16.7 Å². The van der Waals surface area contributed by atoms with Gasteiger partial charge in [0.1, 0.15) is 17.1 Å². The van der Waals surface area contributed by atoms with E-state index < -0.39 is 5.97 Å². The Hall–Kier alpha value is -1.81. The molecule has 0 spiro atoms. The first-order valence-electron chi connectivity index (χ1n) is 6.18. The number of carbonyl (C=O) groups is 1. The van der Waals surface area contributed by atoms with Crippen LogP contribution in [0.5, 0.6) is 11.5 Å². The van der Waals surface area contributed by atoms with Gasteiger partial charge >= 0.3 is 5.97 Å². The highest BCUT2D eigenvalue weighted by Gasteiger charge is 2.17. The Morgan fingerprint density at radius 2 is 1.75 bits per heavy atom. The molecule has 0 aliphatic carbocycles. The number of benzene rings is 2. The number of rotatable bonds is 3. The van der Waals surface area contributed by atoms with Crippen molar-refractivity contribution in [2.45, 2.75) is 20.8 Å². The first kappa shape index (κ1) is 14.6. The lowest BCUT2D eigenvalue weighted by Crippen LogP contribution is -2.02. The third-order valence-corrected chi connectivity index (χ3v) is 3.94. The van der Waals surface area contributed by atoms with Crippen LogP contribution in [0.4, 0.5) is 0 Å². The molecule has 3 nitrogen and oxygen atoms in total. The highest BCUT2D eigenvalue weighted by Crippen LogP contribution is 2.34. The van der Waals surface area contributed by atoms with Crippen LogP contribution in [0.15, 0.2) is 34.8 Å². The largest absolute Gasteiger partial charge is 0.478 e. The molecule has 20 heavy (non-hydrogen) atoms. The van der Waals surface area contributed by atoms with Crippen LogP contribution in [0.25, 0.3) is 0 Å². The lowest BCUT2D eigenvalue weighted by molar-refractivity contribution is 0.0693. The SMILES string of the molecule is Cc1ccc(C)c(Oc2cccc(Br)c2C(=O)O)c1C. The van der Waals surface area contributed by atoms with Crippen LogP contribution >= 0.6 is 15.9 Å². The zero-order valence-corrected chi connectivity index (χ0v) is 13.1. The van der Waals surface area contributed by atoms with E-state index in [-0.39, 0.29) is 5.56 Å². The lowest BCUT2D eigenvalue weighted by Gasteiger charge is -2.15. The Bertz CT molecular complexity index is 678. The molecule has 2 rings (SSSR count). The summed E-state index contributed by atoms with van der Waals surface area (Å²) in [6, 6.07) is 9.10. The summed E-state index contributed by atoms with van der Waals surface area (Å²) in [7, 11) is 0.